The number of nitrogens with zero attached hydrogens (tertiary/aromatic N) is 1. The van der Waals surface area contributed by atoms with Crippen molar-refractivity contribution < 1.29 is 14.4 Å². The number of nitro groups is 1. The number of non-ortho nitro benzene ring substituents is 1. The summed E-state index contributed by atoms with van der Waals surface area (Å²) in [7, 11) is 1.78. The zero-order chi connectivity index (χ0) is 15.2. The van der Waals surface area contributed by atoms with Gasteiger partial charge in [0.15, 0.2) is 0 Å². The van der Waals surface area contributed by atoms with Crippen LogP contribution in [-0.4, -0.2) is 30.8 Å². The first-order valence-corrected chi connectivity index (χ1v) is 6.52. The summed E-state index contributed by atoms with van der Waals surface area (Å²) < 4.78 is 11.2. The highest BCUT2D eigenvalue weighted by atomic mass is 16.6. The van der Waals surface area contributed by atoms with Crippen molar-refractivity contribution in [3.05, 3.63) is 33.9 Å². The molecule has 0 bridgehead atoms. The quantitative estimate of drug-likeness (QED) is 0.472. The van der Waals surface area contributed by atoms with E-state index in [0.717, 1.165) is 5.56 Å². The third kappa shape index (κ3) is 5.54. The number of benzene rings is 1. The van der Waals surface area contributed by atoms with Crippen LogP contribution in [0.15, 0.2) is 18.2 Å². The fourth-order valence-electron chi connectivity index (χ4n) is 1.65. The van der Waals surface area contributed by atoms with Gasteiger partial charge in [-0.25, -0.2) is 0 Å². The van der Waals surface area contributed by atoms with Gasteiger partial charge in [-0.1, -0.05) is 0 Å². The van der Waals surface area contributed by atoms with Crippen molar-refractivity contribution in [3.63, 3.8) is 0 Å². The van der Waals surface area contributed by atoms with Gasteiger partial charge in [0.05, 0.1) is 17.1 Å². The summed E-state index contributed by atoms with van der Waals surface area (Å²) in [6, 6.07) is 4.59. The van der Waals surface area contributed by atoms with Crippen molar-refractivity contribution in [3.8, 4) is 5.75 Å². The van der Waals surface area contributed by atoms with E-state index in [1.807, 2.05) is 20.8 Å². The maximum Gasteiger partial charge on any atom is 0.270 e. The number of hydrogen-bond donors (Lipinski definition) is 1. The van der Waals surface area contributed by atoms with E-state index in [0.29, 0.717) is 25.5 Å². The van der Waals surface area contributed by atoms with Crippen LogP contribution in [0, 0.1) is 10.1 Å². The van der Waals surface area contributed by atoms with Gasteiger partial charge in [-0.3, -0.25) is 10.1 Å². The molecule has 1 aromatic carbocycles. The van der Waals surface area contributed by atoms with Gasteiger partial charge in [-0.15, -0.1) is 0 Å². The highest BCUT2D eigenvalue weighted by Crippen LogP contribution is 2.24. The number of hydrogen-bond acceptors (Lipinski definition) is 5. The molecule has 6 heteroatoms. The van der Waals surface area contributed by atoms with Gasteiger partial charge < -0.3 is 14.8 Å². The van der Waals surface area contributed by atoms with Crippen LogP contribution in [-0.2, 0) is 11.3 Å². The molecule has 0 fully saturated rings. The second kappa shape index (κ2) is 7.21. The highest BCUT2D eigenvalue weighted by molar-refractivity contribution is 5.43. The third-order valence-corrected chi connectivity index (χ3v) is 2.50. The van der Waals surface area contributed by atoms with Crippen LogP contribution >= 0.6 is 0 Å². The fourth-order valence-corrected chi connectivity index (χ4v) is 1.65. The van der Waals surface area contributed by atoms with Crippen LogP contribution in [0.2, 0.25) is 0 Å². The molecule has 0 aliphatic carbocycles. The smallest absolute Gasteiger partial charge is 0.270 e. The Hall–Kier alpha value is -1.66. The van der Waals surface area contributed by atoms with E-state index in [-0.39, 0.29) is 11.3 Å². The first kappa shape index (κ1) is 16.4. The van der Waals surface area contributed by atoms with Gasteiger partial charge in [0.25, 0.3) is 5.69 Å². The molecule has 0 atom stereocenters. The Labute approximate surface area is 119 Å². The van der Waals surface area contributed by atoms with Crippen LogP contribution in [0.1, 0.15) is 26.3 Å². The molecule has 0 aromatic heterocycles. The molecule has 0 heterocycles. The van der Waals surface area contributed by atoms with Gasteiger partial charge in [-0.2, -0.15) is 0 Å². The topological polar surface area (TPSA) is 73.6 Å². The van der Waals surface area contributed by atoms with Crippen LogP contribution in [0.25, 0.3) is 0 Å². The lowest BCUT2D eigenvalue weighted by Crippen LogP contribution is -2.22. The summed E-state index contributed by atoms with van der Waals surface area (Å²) in [5.74, 6) is 0.641. The predicted octanol–water partition coefficient (Wildman–Crippen LogP) is 2.51. The summed E-state index contributed by atoms with van der Waals surface area (Å²) >= 11 is 0. The first-order chi connectivity index (χ1) is 9.33. The average Bonchev–Trinajstić information content (AvgIpc) is 2.35. The van der Waals surface area contributed by atoms with Crippen molar-refractivity contribution in [1.29, 1.82) is 0 Å². The van der Waals surface area contributed by atoms with Crippen LogP contribution in [0.3, 0.4) is 0 Å². The number of nitrogens with one attached hydrogen (secondary N) is 1. The minimum absolute atomic E-state index is 0.0635. The van der Waals surface area contributed by atoms with Crippen molar-refractivity contribution in [2.45, 2.75) is 32.9 Å². The lowest BCUT2D eigenvalue weighted by molar-refractivity contribution is -0.384. The van der Waals surface area contributed by atoms with Crippen LogP contribution in [0.5, 0.6) is 5.75 Å². The van der Waals surface area contributed by atoms with Gasteiger partial charge in [0, 0.05) is 24.2 Å². The summed E-state index contributed by atoms with van der Waals surface area (Å²) in [4.78, 5) is 10.4. The molecule has 0 saturated heterocycles. The van der Waals surface area contributed by atoms with Crippen LogP contribution in [0.4, 0.5) is 5.69 Å². The SMILES string of the molecule is CNCc1cc([N+](=O)[O-])ccc1OCCOC(C)(C)C. The molecular weight excluding hydrogens is 260 g/mol. The monoisotopic (exact) mass is 282 g/mol. The van der Waals surface area contributed by atoms with E-state index in [1.54, 1.807) is 13.1 Å². The second-order valence-electron chi connectivity index (χ2n) is 5.39. The van der Waals surface area contributed by atoms with Crippen molar-refractivity contribution >= 4 is 5.69 Å². The number of rotatable bonds is 7. The van der Waals surface area contributed by atoms with Crippen molar-refractivity contribution in [2.24, 2.45) is 0 Å². The zero-order valence-electron chi connectivity index (χ0n) is 12.4. The third-order valence-electron chi connectivity index (χ3n) is 2.50. The average molecular weight is 282 g/mol. The molecule has 0 aliphatic rings. The van der Waals surface area contributed by atoms with E-state index in [1.165, 1.54) is 12.1 Å². The Morgan fingerprint density at radius 2 is 2.00 bits per heavy atom. The normalized spacial score (nSPS) is 11.4. The molecule has 1 rings (SSSR count). The fraction of sp³-hybridized carbons (Fsp3) is 0.571. The van der Waals surface area contributed by atoms with E-state index in [2.05, 4.69) is 5.32 Å². The predicted molar refractivity (Wildman–Crippen MR) is 77.1 cm³/mol. The highest BCUT2D eigenvalue weighted by Gasteiger charge is 2.12. The molecule has 0 saturated carbocycles. The Balaban J connectivity index is 2.66. The Morgan fingerprint density at radius 1 is 1.30 bits per heavy atom. The molecule has 6 nitrogen and oxygen atoms in total. The summed E-state index contributed by atoms with van der Waals surface area (Å²) in [5.41, 5.74) is 0.623. The molecule has 0 amide bonds. The molecule has 112 valence electrons. The Bertz CT molecular complexity index is 455. The minimum Gasteiger partial charge on any atom is -0.491 e. The van der Waals surface area contributed by atoms with E-state index < -0.39 is 4.92 Å². The minimum atomic E-state index is -0.411. The van der Waals surface area contributed by atoms with E-state index in [9.17, 15) is 10.1 Å². The lowest BCUT2D eigenvalue weighted by Gasteiger charge is -2.20. The zero-order valence-corrected chi connectivity index (χ0v) is 12.4. The second-order valence-corrected chi connectivity index (χ2v) is 5.39. The molecule has 0 unspecified atom stereocenters. The molecule has 0 aliphatic heterocycles. The molecular formula is C14H22N2O4. The molecule has 1 aromatic rings. The summed E-state index contributed by atoms with van der Waals surface area (Å²) in [6.07, 6.45) is 0. The Kier molecular flexibility index (Phi) is 5.91. The standard InChI is InChI=1S/C14H22N2O4/c1-14(2,3)20-8-7-19-13-6-5-12(16(17)18)9-11(13)10-15-4/h5-6,9,15H,7-8,10H2,1-4H3. The molecule has 0 spiro atoms. The largest absolute Gasteiger partial charge is 0.491 e. The van der Waals surface area contributed by atoms with Crippen molar-refractivity contribution in [1.82, 2.24) is 5.32 Å². The number of ether oxygens (including phenoxy) is 2. The summed E-state index contributed by atoms with van der Waals surface area (Å²) in [5, 5.41) is 13.7. The van der Waals surface area contributed by atoms with Crippen molar-refractivity contribution in [2.75, 3.05) is 20.3 Å². The Morgan fingerprint density at radius 3 is 2.55 bits per heavy atom. The van der Waals surface area contributed by atoms with E-state index in [4.69, 9.17) is 9.47 Å². The van der Waals surface area contributed by atoms with E-state index >= 15 is 0 Å². The molecule has 20 heavy (non-hydrogen) atoms. The van der Waals surface area contributed by atoms with Crippen LogP contribution < -0.4 is 10.1 Å². The molecule has 0 radical (unpaired) electrons. The lowest BCUT2D eigenvalue weighted by atomic mass is 10.1. The molecule has 1 N–H and O–H groups in total. The first-order valence-electron chi connectivity index (χ1n) is 6.52. The number of nitro benzene ring substituents is 1. The maximum absolute atomic E-state index is 10.8. The van der Waals surface area contributed by atoms with Gasteiger partial charge in [0.2, 0.25) is 0 Å². The maximum atomic E-state index is 10.8. The summed E-state index contributed by atoms with van der Waals surface area (Å²) in [6.45, 7) is 7.32. The van der Waals surface area contributed by atoms with Gasteiger partial charge >= 0.3 is 0 Å². The van der Waals surface area contributed by atoms with Gasteiger partial charge in [-0.05, 0) is 33.9 Å². The van der Waals surface area contributed by atoms with Gasteiger partial charge in [0.1, 0.15) is 12.4 Å².